The van der Waals surface area contributed by atoms with Gasteiger partial charge >= 0.3 is 12.0 Å². The topological polar surface area (TPSA) is 234 Å². The summed E-state index contributed by atoms with van der Waals surface area (Å²) in [4.78, 5) is 88.4. The minimum Gasteiger partial charge on any atom is -0.481 e. The molecule has 3 aromatic rings. The largest absolute Gasteiger partial charge is 0.481 e. The molecule has 0 saturated carbocycles. The summed E-state index contributed by atoms with van der Waals surface area (Å²) in [6.07, 6.45) is -0.569. The molecule has 50 heavy (non-hydrogen) atoms. The lowest BCUT2D eigenvalue weighted by atomic mass is 10.1. The van der Waals surface area contributed by atoms with Crippen molar-refractivity contribution >= 4 is 74.7 Å². The van der Waals surface area contributed by atoms with Crippen molar-refractivity contribution in [1.82, 2.24) is 26.3 Å². The number of carboxylic acids is 1. The maximum Gasteiger partial charge on any atom is 0.321 e. The molecule has 0 spiro atoms. The molecule has 266 valence electrons. The van der Waals surface area contributed by atoms with E-state index in [2.05, 4.69) is 36.9 Å². The van der Waals surface area contributed by atoms with E-state index in [9.17, 15) is 38.7 Å². The van der Waals surface area contributed by atoms with Crippen LogP contribution < -0.4 is 31.9 Å². The molecule has 18 heteroatoms. The number of hydrogen-bond donors (Lipinski definition) is 7. The predicted octanol–water partition coefficient (Wildman–Crippen LogP) is 2.10. The van der Waals surface area contributed by atoms with Gasteiger partial charge in [-0.25, -0.2) is 9.78 Å². The number of carboxylic acid groups (broad SMARTS) is 1. The van der Waals surface area contributed by atoms with Crippen LogP contribution >= 0.6 is 23.1 Å². The third-order valence-electron chi connectivity index (χ3n) is 6.41. The van der Waals surface area contributed by atoms with Crippen molar-refractivity contribution in [3.8, 4) is 0 Å². The zero-order chi connectivity index (χ0) is 36.3. The molecule has 7 N–H and O–H groups in total. The van der Waals surface area contributed by atoms with Gasteiger partial charge in [0.15, 0.2) is 10.2 Å². The summed E-state index contributed by atoms with van der Waals surface area (Å²) in [5.74, 6) is -3.38. The Morgan fingerprint density at radius 1 is 0.860 bits per heavy atom. The first-order valence-corrected chi connectivity index (χ1v) is 17.1. The zero-order valence-electron chi connectivity index (χ0n) is 27.0. The molecular weight excluding hydrogens is 691 g/mol. The lowest BCUT2D eigenvalue weighted by Crippen LogP contribution is -2.48. The van der Waals surface area contributed by atoms with Crippen molar-refractivity contribution in [3.05, 3.63) is 76.8 Å². The van der Waals surface area contributed by atoms with Crippen LogP contribution in [-0.2, 0) is 41.8 Å². The van der Waals surface area contributed by atoms with Gasteiger partial charge in [0.25, 0.3) is 5.91 Å². The molecule has 1 atom stereocenters. The first-order valence-electron chi connectivity index (χ1n) is 15.2. The molecule has 3 rings (SSSR count). The van der Waals surface area contributed by atoms with Gasteiger partial charge in [0, 0.05) is 43.3 Å². The Hall–Kier alpha value is -5.33. The van der Waals surface area contributed by atoms with Gasteiger partial charge in [-0.05, 0) is 23.3 Å². The molecule has 0 saturated heterocycles. The summed E-state index contributed by atoms with van der Waals surface area (Å²) >= 11 is 2.15. The first kappa shape index (κ1) is 39.1. The van der Waals surface area contributed by atoms with Crippen molar-refractivity contribution < 1.29 is 43.4 Å². The number of amides is 6. The predicted molar refractivity (Wildman–Crippen MR) is 186 cm³/mol. The highest BCUT2D eigenvalue weighted by Crippen LogP contribution is 2.15. The minimum atomic E-state index is -1.45. The number of nitrogens with one attached hydrogen (secondary N) is 6. The third-order valence-corrected chi connectivity index (χ3v) is 7.95. The second kappa shape index (κ2) is 20.9. The van der Waals surface area contributed by atoms with Crippen LogP contribution in [0.3, 0.4) is 0 Å². The first-order chi connectivity index (χ1) is 24.0. The SMILES string of the molecule is CC(=O)SCCOCCC(=O)NCc1ccc(NC(=O)[C@H](CC(=O)O)NC(=O)CNC(=O)c2csc(NC(=O)NCc3ccccc3)n2)cc1. The molecule has 0 aliphatic carbocycles. The van der Waals surface area contributed by atoms with E-state index in [-0.39, 0.29) is 48.0 Å². The van der Waals surface area contributed by atoms with Crippen LogP contribution in [0, 0.1) is 0 Å². The maximum atomic E-state index is 12.8. The highest BCUT2D eigenvalue weighted by Gasteiger charge is 2.24. The van der Waals surface area contributed by atoms with Gasteiger partial charge in [-0.2, -0.15) is 0 Å². The molecular formula is C32H37N7O9S2. The molecule has 6 amide bonds. The van der Waals surface area contributed by atoms with Gasteiger partial charge < -0.3 is 36.4 Å². The van der Waals surface area contributed by atoms with Gasteiger partial charge in [0.2, 0.25) is 17.7 Å². The van der Waals surface area contributed by atoms with Crippen LogP contribution in [0.15, 0.2) is 60.0 Å². The number of thioether (sulfide) groups is 1. The molecule has 1 heterocycles. The second-order valence-corrected chi connectivity index (χ2v) is 12.5. The van der Waals surface area contributed by atoms with E-state index in [1.807, 2.05) is 30.3 Å². The standard InChI is InChI=1S/C32H37N7O9S2/c1-20(40)49-14-13-48-12-11-26(41)33-16-22-7-9-23(10-8-22)36-30(46)24(15-28(43)44)37-27(42)18-34-29(45)25-19-50-32(38-25)39-31(47)35-17-21-5-3-2-4-6-21/h2-10,19,24H,11-18H2,1H3,(H,33,41)(H,34,45)(H,36,46)(H,37,42)(H,43,44)(H2,35,38,39,47)/t24-/m0/s1. The highest BCUT2D eigenvalue weighted by atomic mass is 32.2. The Bertz CT molecular complexity index is 1640. The Kier molecular flexibility index (Phi) is 16.4. The average Bonchev–Trinajstić information content (AvgIpc) is 3.55. The minimum absolute atomic E-state index is 0.00310. The van der Waals surface area contributed by atoms with E-state index in [0.717, 1.165) is 34.2 Å². The van der Waals surface area contributed by atoms with Crippen molar-refractivity contribution in [2.45, 2.75) is 38.9 Å². The summed E-state index contributed by atoms with van der Waals surface area (Å²) in [5, 5.41) is 26.0. The van der Waals surface area contributed by atoms with Crippen molar-refractivity contribution in [3.63, 3.8) is 0 Å². The van der Waals surface area contributed by atoms with Gasteiger partial charge in [0.05, 0.1) is 26.2 Å². The quantitative estimate of drug-likeness (QED) is 0.0884. The van der Waals surface area contributed by atoms with Crippen molar-refractivity contribution in [2.75, 3.05) is 36.1 Å². The molecule has 1 aromatic heterocycles. The number of benzene rings is 2. The Morgan fingerprint density at radius 2 is 1.56 bits per heavy atom. The number of aromatic nitrogens is 1. The number of nitrogens with zero attached hydrogens (tertiary/aromatic N) is 1. The lowest BCUT2D eigenvalue weighted by molar-refractivity contribution is -0.139. The van der Waals surface area contributed by atoms with Gasteiger partial charge in [-0.15, -0.1) is 11.3 Å². The molecule has 0 aliphatic rings. The van der Waals surface area contributed by atoms with E-state index in [0.29, 0.717) is 18.0 Å². The number of anilines is 2. The molecule has 0 aliphatic heterocycles. The van der Waals surface area contributed by atoms with Crippen LogP contribution in [-0.4, -0.2) is 82.4 Å². The van der Waals surface area contributed by atoms with Crippen LogP contribution in [0.25, 0.3) is 0 Å². The fraction of sp³-hybridized carbons (Fsp3) is 0.312. The second-order valence-electron chi connectivity index (χ2n) is 10.4. The third kappa shape index (κ3) is 15.3. The van der Waals surface area contributed by atoms with E-state index in [1.165, 1.54) is 12.3 Å². The van der Waals surface area contributed by atoms with Crippen LogP contribution in [0.5, 0.6) is 0 Å². The van der Waals surface area contributed by atoms with Crippen LogP contribution in [0.4, 0.5) is 15.6 Å². The summed E-state index contributed by atoms with van der Waals surface area (Å²) in [5.41, 5.74) is 1.89. The number of carbonyl (C=O) groups excluding carboxylic acids is 6. The molecule has 0 fully saturated rings. The molecule has 0 unspecified atom stereocenters. The maximum absolute atomic E-state index is 12.8. The molecule has 2 aromatic carbocycles. The van der Waals surface area contributed by atoms with Crippen molar-refractivity contribution in [1.29, 1.82) is 0 Å². The number of hydrogen-bond acceptors (Lipinski definition) is 11. The summed E-state index contributed by atoms with van der Waals surface area (Å²) in [6, 6.07) is 13.7. The normalized spacial score (nSPS) is 11.1. The smallest absolute Gasteiger partial charge is 0.321 e. The summed E-state index contributed by atoms with van der Waals surface area (Å²) in [7, 11) is 0. The number of rotatable bonds is 19. The Labute approximate surface area is 295 Å². The monoisotopic (exact) mass is 727 g/mol. The molecule has 0 radical (unpaired) electrons. The van der Waals surface area contributed by atoms with Crippen LogP contribution in [0.2, 0.25) is 0 Å². The van der Waals surface area contributed by atoms with E-state index < -0.39 is 48.7 Å². The molecule has 16 nitrogen and oxygen atoms in total. The fourth-order valence-electron chi connectivity index (χ4n) is 3.97. The van der Waals surface area contributed by atoms with Crippen molar-refractivity contribution in [2.24, 2.45) is 0 Å². The van der Waals surface area contributed by atoms with E-state index in [4.69, 9.17) is 4.74 Å². The van der Waals surface area contributed by atoms with Gasteiger partial charge in [-0.3, -0.25) is 34.1 Å². The number of thiazole rings is 1. The summed E-state index contributed by atoms with van der Waals surface area (Å²) in [6.45, 7) is 1.99. The van der Waals surface area contributed by atoms with Gasteiger partial charge in [0.1, 0.15) is 11.7 Å². The Balaban J connectivity index is 1.40. The van der Waals surface area contributed by atoms with Gasteiger partial charge in [-0.1, -0.05) is 54.2 Å². The fourth-order valence-corrected chi connectivity index (χ4v) is 5.15. The number of aliphatic carboxylic acids is 1. The highest BCUT2D eigenvalue weighted by molar-refractivity contribution is 8.13. The number of ether oxygens (including phenoxy) is 1. The number of carbonyl (C=O) groups is 7. The van der Waals surface area contributed by atoms with E-state index >= 15 is 0 Å². The number of urea groups is 1. The lowest BCUT2D eigenvalue weighted by Gasteiger charge is -2.17. The van der Waals surface area contributed by atoms with Crippen LogP contribution in [0.1, 0.15) is 41.4 Å². The average molecular weight is 728 g/mol. The molecule has 0 bridgehead atoms. The summed E-state index contributed by atoms with van der Waals surface area (Å²) < 4.78 is 5.33. The zero-order valence-corrected chi connectivity index (χ0v) is 28.6. The van der Waals surface area contributed by atoms with E-state index in [1.54, 1.807) is 24.3 Å². The Morgan fingerprint density at radius 3 is 2.26 bits per heavy atom.